The zero-order chi connectivity index (χ0) is 6.53. The Hall–Kier alpha value is -0.120. The number of nitrogens with one attached hydrogen (secondary N) is 2. The molecule has 9 heavy (non-hydrogen) atoms. The van der Waals surface area contributed by atoms with Crippen LogP contribution in [-0.2, 0) is 0 Å². The number of piperidine rings is 1. The highest BCUT2D eigenvalue weighted by molar-refractivity contribution is 4.70. The first kappa shape index (κ1) is 6.99. The molecule has 1 rings (SSSR count). The lowest BCUT2D eigenvalue weighted by Crippen LogP contribution is -2.34. The topological polar surface area (TPSA) is 47.1 Å². The number of rotatable bonds is 2. The van der Waals surface area contributed by atoms with Gasteiger partial charge in [0.25, 0.3) is 0 Å². The zero-order valence-corrected chi connectivity index (χ0v) is 5.52. The molecule has 3 nitrogen and oxygen atoms in total. The van der Waals surface area contributed by atoms with Gasteiger partial charge in [0.05, 0.1) is 0 Å². The van der Waals surface area contributed by atoms with Gasteiger partial charge in [0.2, 0.25) is 0 Å². The number of hydrogen-bond acceptors (Lipinski definition) is 3. The summed E-state index contributed by atoms with van der Waals surface area (Å²) < 4.78 is 0. The summed E-state index contributed by atoms with van der Waals surface area (Å²) in [7, 11) is 0. The lowest BCUT2D eigenvalue weighted by atomic mass is 10.0. The third-order valence-corrected chi connectivity index (χ3v) is 1.77. The maximum Gasteiger partial charge on any atom is -0.000869 e. The predicted molar refractivity (Wildman–Crippen MR) is 37.0 cm³/mol. The maximum absolute atomic E-state index is 9.92. The average molecular weight is 129 g/mol. The van der Waals surface area contributed by atoms with E-state index < -0.39 is 0 Å². The van der Waals surface area contributed by atoms with Gasteiger partial charge < -0.3 is 16.0 Å². The summed E-state index contributed by atoms with van der Waals surface area (Å²) in [6.07, 6.45) is 2.41. The highest BCUT2D eigenvalue weighted by Crippen LogP contribution is 2.07. The minimum Gasteiger partial charge on any atom is -0.788 e. The monoisotopic (exact) mass is 129 g/mol. The highest BCUT2D eigenvalue weighted by atomic mass is 16.5. The molecule has 1 aliphatic rings. The Morgan fingerprint density at radius 2 is 2.56 bits per heavy atom. The van der Waals surface area contributed by atoms with E-state index in [-0.39, 0.29) is 0 Å². The molecule has 1 atom stereocenters. The van der Waals surface area contributed by atoms with Crippen molar-refractivity contribution in [3.63, 3.8) is 0 Å². The van der Waals surface area contributed by atoms with Crippen molar-refractivity contribution in [2.75, 3.05) is 19.6 Å². The van der Waals surface area contributed by atoms with Crippen molar-refractivity contribution in [3.8, 4) is 0 Å². The summed E-state index contributed by atoms with van der Waals surface area (Å²) >= 11 is 0. The average Bonchev–Trinajstić information content (AvgIpc) is 1.91. The summed E-state index contributed by atoms with van der Waals surface area (Å²) in [6.45, 7) is 2.75. The van der Waals surface area contributed by atoms with E-state index in [1.54, 1.807) is 0 Å². The van der Waals surface area contributed by atoms with Crippen molar-refractivity contribution in [2.45, 2.75) is 12.8 Å². The van der Waals surface area contributed by atoms with Crippen LogP contribution in [0.1, 0.15) is 12.8 Å². The molecule has 3 heteroatoms. The Bertz CT molecular complexity index is 68.7. The first-order chi connectivity index (χ1) is 4.43. The van der Waals surface area contributed by atoms with Gasteiger partial charge in [0.15, 0.2) is 0 Å². The van der Waals surface area contributed by atoms with E-state index in [9.17, 15) is 5.21 Å². The normalized spacial score (nSPS) is 28.3. The molecule has 0 radical (unpaired) electrons. The first-order valence-electron chi connectivity index (χ1n) is 3.49. The molecule has 0 aromatic heterocycles. The van der Waals surface area contributed by atoms with Crippen LogP contribution in [0.15, 0.2) is 0 Å². The maximum atomic E-state index is 9.92. The second-order valence-electron chi connectivity index (χ2n) is 2.56. The summed E-state index contributed by atoms with van der Waals surface area (Å²) in [6, 6.07) is 0. The molecule has 0 spiro atoms. The fourth-order valence-electron chi connectivity index (χ4n) is 1.22. The second kappa shape index (κ2) is 3.82. The summed E-state index contributed by atoms with van der Waals surface area (Å²) in [4.78, 5) is 0. The number of hydrogen-bond donors (Lipinski definition) is 2. The van der Waals surface area contributed by atoms with Gasteiger partial charge in [-0.25, -0.2) is 0 Å². The first-order valence-corrected chi connectivity index (χ1v) is 3.49. The third kappa shape index (κ3) is 2.30. The van der Waals surface area contributed by atoms with E-state index in [0.29, 0.717) is 12.5 Å². The standard InChI is InChI=1S/C6H13N2O/c9-8-5-6-2-1-3-7-4-6/h6-8H,1-5H2/q-1. The Morgan fingerprint density at radius 1 is 1.67 bits per heavy atom. The van der Waals surface area contributed by atoms with Crippen molar-refractivity contribution < 1.29 is 0 Å². The minimum atomic E-state index is 0.566. The third-order valence-electron chi connectivity index (χ3n) is 1.77. The van der Waals surface area contributed by atoms with Gasteiger partial charge in [-0.1, -0.05) is 0 Å². The van der Waals surface area contributed by atoms with Crippen molar-refractivity contribution in [2.24, 2.45) is 5.92 Å². The van der Waals surface area contributed by atoms with Crippen LogP contribution in [-0.4, -0.2) is 19.6 Å². The number of hydroxylamine groups is 1. The Kier molecular flexibility index (Phi) is 2.97. The van der Waals surface area contributed by atoms with Crippen LogP contribution in [0.4, 0.5) is 0 Å². The van der Waals surface area contributed by atoms with Crippen molar-refractivity contribution >= 4 is 0 Å². The van der Waals surface area contributed by atoms with Gasteiger partial charge in [-0.3, -0.25) is 0 Å². The molecule has 0 amide bonds. The smallest absolute Gasteiger partial charge is 0.000869 e. The van der Waals surface area contributed by atoms with Crippen LogP contribution in [0.5, 0.6) is 0 Å². The molecule has 0 bridgehead atoms. The van der Waals surface area contributed by atoms with Crippen molar-refractivity contribution in [1.82, 2.24) is 10.8 Å². The van der Waals surface area contributed by atoms with Gasteiger partial charge in [-0.05, 0) is 38.4 Å². The van der Waals surface area contributed by atoms with Crippen LogP contribution in [0.25, 0.3) is 0 Å². The van der Waals surface area contributed by atoms with Crippen LogP contribution in [0.2, 0.25) is 0 Å². The molecule has 1 heterocycles. The van der Waals surface area contributed by atoms with Crippen LogP contribution >= 0.6 is 0 Å². The molecule has 1 aliphatic heterocycles. The molecule has 0 aromatic carbocycles. The largest absolute Gasteiger partial charge is 0.788 e. The minimum absolute atomic E-state index is 0.566. The Balaban J connectivity index is 2.08. The fourth-order valence-corrected chi connectivity index (χ4v) is 1.22. The molecular formula is C6H13N2O-. The van der Waals surface area contributed by atoms with Gasteiger partial charge in [0.1, 0.15) is 0 Å². The van der Waals surface area contributed by atoms with Crippen molar-refractivity contribution in [1.29, 1.82) is 0 Å². The molecular weight excluding hydrogens is 116 g/mol. The van der Waals surface area contributed by atoms with Crippen LogP contribution in [0.3, 0.4) is 0 Å². The summed E-state index contributed by atoms with van der Waals surface area (Å²) in [5, 5.41) is 13.2. The molecule has 0 aliphatic carbocycles. The molecule has 54 valence electrons. The molecule has 1 saturated heterocycles. The molecule has 2 N–H and O–H groups in total. The van der Waals surface area contributed by atoms with Crippen molar-refractivity contribution in [3.05, 3.63) is 5.21 Å². The quantitative estimate of drug-likeness (QED) is 0.519. The fraction of sp³-hybridized carbons (Fsp3) is 1.00. The SMILES string of the molecule is [O-]NCC1CCCNC1. The second-order valence-corrected chi connectivity index (χ2v) is 2.56. The van der Waals surface area contributed by atoms with E-state index in [1.165, 1.54) is 12.8 Å². The van der Waals surface area contributed by atoms with E-state index in [1.807, 2.05) is 5.48 Å². The van der Waals surface area contributed by atoms with Gasteiger partial charge in [-0.2, -0.15) is 0 Å². The van der Waals surface area contributed by atoms with E-state index in [4.69, 9.17) is 0 Å². The molecule has 0 aromatic rings. The van der Waals surface area contributed by atoms with Gasteiger partial charge >= 0.3 is 0 Å². The lowest BCUT2D eigenvalue weighted by Gasteiger charge is -2.24. The zero-order valence-electron chi connectivity index (χ0n) is 5.52. The lowest BCUT2D eigenvalue weighted by molar-refractivity contribution is 0.372. The highest BCUT2D eigenvalue weighted by Gasteiger charge is 2.09. The molecule has 0 saturated carbocycles. The van der Waals surface area contributed by atoms with Crippen LogP contribution < -0.4 is 10.8 Å². The van der Waals surface area contributed by atoms with Gasteiger partial charge in [-0.15, -0.1) is 0 Å². The summed E-state index contributed by atoms with van der Waals surface area (Å²) in [5.41, 5.74) is 1.95. The predicted octanol–water partition coefficient (Wildman–Crippen LogP) is 0.0734. The van der Waals surface area contributed by atoms with E-state index >= 15 is 0 Å². The van der Waals surface area contributed by atoms with Crippen LogP contribution in [0, 0.1) is 11.1 Å². The Morgan fingerprint density at radius 3 is 3.11 bits per heavy atom. The van der Waals surface area contributed by atoms with E-state index in [0.717, 1.165) is 13.1 Å². The van der Waals surface area contributed by atoms with Gasteiger partial charge in [0, 0.05) is 0 Å². The molecule has 1 fully saturated rings. The molecule has 1 unspecified atom stereocenters. The van der Waals surface area contributed by atoms with E-state index in [2.05, 4.69) is 5.32 Å². The Labute approximate surface area is 55.4 Å². The summed E-state index contributed by atoms with van der Waals surface area (Å²) in [5.74, 6) is 0.566.